The van der Waals surface area contributed by atoms with Crippen molar-refractivity contribution in [2.75, 3.05) is 26.3 Å². The maximum absolute atomic E-state index is 12.7. The number of rotatable bonds is 4. The maximum atomic E-state index is 12.7. The number of hydrogen-bond acceptors (Lipinski definition) is 3. The van der Waals surface area contributed by atoms with Gasteiger partial charge in [-0.1, -0.05) is 29.8 Å². The molecule has 140 valence electrons. The highest BCUT2D eigenvalue weighted by atomic mass is 35.5. The molecule has 2 saturated heterocycles. The topological polar surface area (TPSA) is 55.6 Å². The molecule has 0 spiro atoms. The van der Waals surface area contributed by atoms with Crippen molar-refractivity contribution in [3.05, 3.63) is 35.4 Å². The Labute approximate surface area is 157 Å². The number of likely N-dealkylation sites (tertiary alicyclic amines) is 1. The van der Waals surface area contributed by atoms with Crippen LogP contribution in [0.1, 0.15) is 43.2 Å². The number of aryl methyl sites for hydroxylation is 2. The summed E-state index contributed by atoms with van der Waals surface area (Å²) >= 11 is 0. The number of ether oxygens (including phenoxy) is 1. The van der Waals surface area contributed by atoms with Gasteiger partial charge in [0, 0.05) is 26.3 Å². The highest BCUT2D eigenvalue weighted by Gasteiger charge is 2.39. The molecule has 2 heterocycles. The summed E-state index contributed by atoms with van der Waals surface area (Å²) in [7, 11) is 0. The molecule has 1 aromatic rings. The fourth-order valence-electron chi connectivity index (χ4n) is 3.81. The van der Waals surface area contributed by atoms with Crippen LogP contribution in [0.15, 0.2) is 24.3 Å². The second-order valence-electron chi connectivity index (χ2n) is 7.53. The van der Waals surface area contributed by atoms with E-state index in [1.54, 1.807) is 0 Å². The van der Waals surface area contributed by atoms with Gasteiger partial charge in [0.05, 0.1) is 5.54 Å². The number of carbonyl (C=O) groups excluding carboxylic acids is 1. The molecule has 0 bridgehead atoms. The minimum Gasteiger partial charge on any atom is -0.381 e. The van der Waals surface area contributed by atoms with Gasteiger partial charge in [-0.3, -0.25) is 4.79 Å². The summed E-state index contributed by atoms with van der Waals surface area (Å²) in [6, 6.07) is 8.84. The summed E-state index contributed by atoms with van der Waals surface area (Å²) in [5.41, 5.74) is 8.39. The van der Waals surface area contributed by atoms with Gasteiger partial charge in [0.25, 0.3) is 0 Å². The molecule has 0 saturated carbocycles. The van der Waals surface area contributed by atoms with Crippen LogP contribution in [0.4, 0.5) is 0 Å². The molecular formula is C20H31ClN2O2. The molecule has 0 unspecified atom stereocenters. The van der Waals surface area contributed by atoms with Crippen molar-refractivity contribution in [1.82, 2.24) is 4.90 Å². The van der Waals surface area contributed by atoms with Crippen LogP contribution < -0.4 is 5.73 Å². The number of nitrogens with zero attached hydrogens (tertiary/aromatic N) is 1. The first-order valence-corrected chi connectivity index (χ1v) is 9.28. The normalized spacial score (nSPS) is 20.8. The number of carbonyl (C=O) groups is 1. The van der Waals surface area contributed by atoms with E-state index in [0.29, 0.717) is 26.1 Å². The predicted molar refractivity (Wildman–Crippen MR) is 103 cm³/mol. The minimum atomic E-state index is -0.688. The second-order valence-corrected chi connectivity index (χ2v) is 7.53. The molecule has 4 nitrogen and oxygen atoms in total. The standard InChI is InChI=1S/C20H30N2O2.ClH/c1-16-2-4-17(5-3-16)6-7-18-8-12-22(13-9-18)19(23)20(21)10-14-24-15-11-20;/h2-5,18H,6-15,21H2,1H3;1H. The molecule has 0 radical (unpaired) electrons. The van der Waals surface area contributed by atoms with E-state index in [9.17, 15) is 4.79 Å². The largest absolute Gasteiger partial charge is 0.381 e. The van der Waals surface area contributed by atoms with Crippen LogP contribution in [-0.4, -0.2) is 42.6 Å². The zero-order chi connectivity index (χ0) is 17.0. The van der Waals surface area contributed by atoms with Gasteiger partial charge in [-0.15, -0.1) is 12.4 Å². The van der Waals surface area contributed by atoms with Gasteiger partial charge in [0.1, 0.15) is 0 Å². The third kappa shape index (κ3) is 5.19. The van der Waals surface area contributed by atoms with Gasteiger partial charge < -0.3 is 15.4 Å². The van der Waals surface area contributed by atoms with Crippen molar-refractivity contribution >= 4 is 18.3 Å². The van der Waals surface area contributed by atoms with E-state index in [4.69, 9.17) is 10.5 Å². The molecule has 2 aliphatic heterocycles. The average molecular weight is 367 g/mol. The summed E-state index contributed by atoms with van der Waals surface area (Å²) in [5, 5.41) is 0. The van der Waals surface area contributed by atoms with Crippen molar-refractivity contribution in [2.24, 2.45) is 11.7 Å². The van der Waals surface area contributed by atoms with Gasteiger partial charge in [0.2, 0.25) is 5.91 Å². The molecule has 0 atom stereocenters. The molecule has 2 N–H and O–H groups in total. The summed E-state index contributed by atoms with van der Waals surface area (Å²) in [5.74, 6) is 0.863. The van der Waals surface area contributed by atoms with Gasteiger partial charge in [-0.05, 0) is 56.9 Å². The van der Waals surface area contributed by atoms with Crippen LogP contribution >= 0.6 is 12.4 Å². The van der Waals surface area contributed by atoms with Crippen LogP contribution in [0.2, 0.25) is 0 Å². The van der Waals surface area contributed by atoms with E-state index in [1.165, 1.54) is 17.5 Å². The van der Waals surface area contributed by atoms with E-state index in [1.807, 2.05) is 4.90 Å². The lowest BCUT2D eigenvalue weighted by Crippen LogP contribution is -2.59. The van der Waals surface area contributed by atoms with Gasteiger partial charge in [-0.2, -0.15) is 0 Å². The average Bonchev–Trinajstić information content (AvgIpc) is 2.62. The van der Waals surface area contributed by atoms with Crippen molar-refractivity contribution in [3.63, 3.8) is 0 Å². The maximum Gasteiger partial charge on any atom is 0.242 e. The molecule has 5 heteroatoms. The highest BCUT2D eigenvalue weighted by Crippen LogP contribution is 2.26. The monoisotopic (exact) mass is 366 g/mol. The molecule has 25 heavy (non-hydrogen) atoms. The first kappa shape index (κ1) is 20.2. The summed E-state index contributed by atoms with van der Waals surface area (Å²) < 4.78 is 5.35. The molecule has 1 amide bonds. The molecule has 1 aromatic carbocycles. The Morgan fingerprint density at radius 3 is 2.40 bits per heavy atom. The van der Waals surface area contributed by atoms with E-state index in [-0.39, 0.29) is 18.3 Å². The van der Waals surface area contributed by atoms with Crippen LogP contribution in [0.25, 0.3) is 0 Å². The lowest BCUT2D eigenvalue weighted by molar-refractivity contribution is -0.142. The van der Waals surface area contributed by atoms with Crippen molar-refractivity contribution < 1.29 is 9.53 Å². The molecule has 2 aliphatic rings. The third-order valence-electron chi connectivity index (χ3n) is 5.67. The zero-order valence-corrected chi connectivity index (χ0v) is 16.0. The van der Waals surface area contributed by atoms with Crippen molar-refractivity contribution in [3.8, 4) is 0 Å². The van der Waals surface area contributed by atoms with Crippen LogP contribution in [0.5, 0.6) is 0 Å². The van der Waals surface area contributed by atoms with Gasteiger partial charge >= 0.3 is 0 Å². The Kier molecular flexibility index (Phi) is 7.29. The molecule has 2 fully saturated rings. The molecule has 3 rings (SSSR count). The Morgan fingerprint density at radius 1 is 1.20 bits per heavy atom. The number of piperidine rings is 1. The van der Waals surface area contributed by atoms with E-state index < -0.39 is 5.54 Å². The van der Waals surface area contributed by atoms with Crippen LogP contribution in [0.3, 0.4) is 0 Å². The number of benzene rings is 1. The Bertz CT molecular complexity index is 547. The van der Waals surface area contributed by atoms with E-state index >= 15 is 0 Å². The first-order chi connectivity index (χ1) is 11.6. The van der Waals surface area contributed by atoms with Gasteiger partial charge in [-0.25, -0.2) is 0 Å². The van der Waals surface area contributed by atoms with Crippen LogP contribution in [-0.2, 0) is 16.0 Å². The molecule has 0 aromatic heterocycles. The SMILES string of the molecule is Cc1ccc(CCC2CCN(C(=O)C3(N)CCOCC3)CC2)cc1.Cl. The smallest absolute Gasteiger partial charge is 0.242 e. The lowest BCUT2D eigenvalue weighted by Gasteiger charge is -2.40. The van der Waals surface area contributed by atoms with E-state index in [2.05, 4.69) is 31.2 Å². The van der Waals surface area contributed by atoms with Crippen molar-refractivity contribution in [1.29, 1.82) is 0 Å². The number of hydrogen-bond donors (Lipinski definition) is 1. The lowest BCUT2D eigenvalue weighted by atomic mass is 9.86. The Morgan fingerprint density at radius 2 is 1.80 bits per heavy atom. The van der Waals surface area contributed by atoms with Crippen LogP contribution in [0, 0.1) is 12.8 Å². The second kappa shape index (κ2) is 9.02. The van der Waals surface area contributed by atoms with E-state index in [0.717, 1.165) is 38.3 Å². The summed E-state index contributed by atoms with van der Waals surface area (Å²) in [6.07, 6.45) is 5.86. The highest BCUT2D eigenvalue weighted by molar-refractivity contribution is 5.86. The van der Waals surface area contributed by atoms with Gasteiger partial charge in [0.15, 0.2) is 0 Å². The predicted octanol–water partition coefficient (Wildman–Crippen LogP) is 3.10. The Balaban J connectivity index is 0.00000225. The fourth-order valence-corrected chi connectivity index (χ4v) is 3.81. The molecular weight excluding hydrogens is 336 g/mol. The first-order valence-electron chi connectivity index (χ1n) is 9.28. The third-order valence-corrected chi connectivity index (χ3v) is 5.67. The number of nitrogens with two attached hydrogens (primary N) is 1. The fraction of sp³-hybridized carbons (Fsp3) is 0.650. The minimum absolute atomic E-state index is 0. The quantitative estimate of drug-likeness (QED) is 0.890. The zero-order valence-electron chi connectivity index (χ0n) is 15.2. The Hall–Kier alpha value is -1.10. The summed E-state index contributed by atoms with van der Waals surface area (Å²) in [6.45, 7) is 5.05. The number of halogens is 1. The number of amides is 1. The van der Waals surface area contributed by atoms with Crippen molar-refractivity contribution in [2.45, 2.75) is 51.0 Å². The summed E-state index contributed by atoms with van der Waals surface area (Å²) in [4.78, 5) is 14.7. The molecule has 0 aliphatic carbocycles.